The standard InChI is InChI=1S/C15H11ClF2N2O4S/c1-23-13(22)11-7-19-15(25-11)20-12(21)5-2-8-6-9(16)3-4-10(8)24-14(17)18/h2-7,14H,1H3,(H,19,20,21)/b5-2+. The van der Waals surface area contributed by atoms with Crippen molar-refractivity contribution in [3.8, 4) is 5.75 Å². The predicted molar refractivity (Wildman–Crippen MR) is 89.2 cm³/mol. The van der Waals surface area contributed by atoms with E-state index in [0.717, 1.165) is 17.4 Å². The summed E-state index contributed by atoms with van der Waals surface area (Å²) >= 11 is 6.75. The molecule has 2 aromatic rings. The maximum absolute atomic E-state index is 12.4. The third-order valence-electron chi connectivity index (χ3n) is 2.72. The van der Waals surface area contributed by atoms with Gasteiger partial charge in [-0.25, -0.2) is 9.78 Å². The molecule has 1 aromatic carbocycles. The number of aromatic nitrogens is 1. The molecule has 0 saturated heterocycles. The second-order valence-corrected chi connectivity index (χ2v) is 5.87. The third kappa shape index (κ3) is 5.50. The summed E-state index contributed by atoms with van der Waals surface area (Å²) in [5.41, 5.74) is 0.206. The first-order valence-corrected chi connectivity index (χ1v) is 7.86. The molecule has 0 aliphatic heterocycles. The molecule has 0 atom stereocenters. The number of hydrogen-bond acceptors (Lipinski definition) is 6. The number of alkyl halides is 2. The monoisotopic (exact) mass is 388 g/mol. The minimum Gasteiger partial charge on any atom is -0.465 e. The number of esters is 1. The van der Waals surface area contributed by atoms with Crippen molar-refractivity contribution in [1.82, 2.24) is 4.98 Å². The number of nitrogens with zero attached hydrogens (tertiary/aromatic N) is 1. The Balaban J connectivity index is 2.08. The molecule has 0 bridgehead atoms. The lowest BCUT2D eigenvalue weighted by molar-refractivity contribution is -0.111. The molecule has 1 aromatic heterocycles. The quantitative estimate of drug-likeness (QED) is 0.601. The normalized spacial score (nSPS) is 10.9. The number of ether oxygens (including phenoxy) is 2. The molecule has 0 fully saturated rings. The van der Waals surface area contributed by atoms with Crippen LogP contribution in [0.25, 0.3) is 6.08 Å². The summed E-state index contributed by atoms with van der Waals surface area (Å²) < 4.78 is 33.7. The van der Waals surface area contributed by atoms with Gasteiger partial charge in [0.2, 0.25) is 5.91 Å². The largest absolute Gasteiger partial charge is 0.465 e. The molecular weight excluding hydrogens is 378 g/mol. The minimum atomic E-state index is -3.01. The second-order valence-electron chi connectivity index (χ2n) is 4.40. The van der Waals surface area contributed by atoms with Gasteiger partial charge in [0.05, 0.1) is 13.3 Å². The van der Waals surface area contributed by atoms with Crippen molar-refractivity contribution in [3.05, 3.63) is 45.9 Å². The van der Waals surface area contributed by atoms with Gasteiger partial charge in [0, 0.05) is 16.7 Å². The lowest BCUT2D eigenvalue weighted by Gasteiger charge is -2.08. The van der Waals surface area contributed by atoms with Crippen molar-refractivity contribution < 1.29 is 27.8 Å². The maximum atomic E-state index is 12.4. The summed E-state index contributed by atoms with van der Waals surface area (Å²) in [4.78, 5) is 27.3. The van der Waals surface area contributed by atoms with Gasteiger partial charge in [0.25, 0.3) is 0 Å². The second kappa shape index (κ2) is 8.54. The number of anilines is 1. The summed E-state index contributed by atoms with van der Waals surface area (Å²) in [7, 11) is 1.23. The number of benzene rings is 1. The first-order valence-electron chi connectivity index (χ1n) is 6.66. The van der Waals surface area contributed by atoms with Crippen molar-refractivity contribution in [2.45, 2.75) is 6.61 Å². The molecule has 1 N–H and O–H groups in total. The molecule has 0 radical (unpaired) electrons. The highest BCUT2D eigenvalue weighted by molar-refractivity contribution is 7.17. The van der Waals surface area contributed by atoms with Crippen LogP contribution in [-0.4, -0.2) is 30.6 Å². The molecule has 0 unspecified atom stereocenters. The van der Waals surface area contributed by atoms with Gasteiger partial charge < -0.3 is 9.47 Å². The molecule has 0 aliphatic rings. The summed E-state index contributed by atoms with van der Waals surface area (Å²) in [6.45, 7) is -3.01. The Kier molecular flexibility index (Phi) is 6.43. The molecule has 10 heteroatoms. The number of hydrogen-bond donors (Lipinski definition) is 1. The number of thiazole rings is 1. The van der Waals surface area contributed by atoms with E-state index in [1.807, 2.05) is 0 Å². The molecule has 1 amide bonds. The van der Waals surface area contributed by atoms with Crippen LogP contribution in [0.4, 0.5) is 13.9 Å². The zero-order chi connectivity index (χ0) is 18.4. The van der Waals surface area contributed by atoms with Crippen LogP contribution in [0.3, 0.4) is 0 Å². The van der Waals surface area contributed by atoms with Crippen molar-refractivity contribution in [2.75, 3.05) is 12.4 Å². The molecule has 2 rings (SSSR count). The molecule has 132 valence electrons. The highest BCUT2D eigenvalue weighted by Gasteiger charge is 2.12. The van der Waals surface area contributed by atoms with Gasteiger partial charge in [-0.3, -0.25) is 10.1 Å². The first kappa shape index (κ1) is 18.8. The van der Waals surface area contributed by atoms with E-state index in [1.54, 1.807) is 0 Å². The molecule has 6 nitrogen and oxygen atoms in total. The van der Waals surface area contributed by atoms with Crippen LogP contribution in [-0.2, 0) is 9.53 Å². The van der Waals surface area contributed by atoms with E-state index < -0.39 is 18.5 Å². The average Bonchev–Trinajstić information content (AvgIpc) is 3.02. The van der Waals surface area contributed by atoms with Crippen molar-refractivity contribution >= 4 is 46.0 Å². The SMILES string of the molecule is COC(=O)c1cnc(NC(=O)/C=C/c2cc(Cl)ccc2OC(F)F)s1. The Morgan fingerprint density at radius 1 is 1.40 bits per heavy atom. The number of nitrogens with one attached hydrogen (secondary N) is 1. The zero-order valence-corrected chi connectivity index (χ0v) is 14.2. The smallest absolute Gasteiger partial charge is 0.387 e. The lowest BCUT2D eigenvalue weighted by atomic mass is 10.2. The Hall–Kier alpha value is -2.52. The Labute approximate surface area is 150 Å². The van der Waals surface area contributed by atoms with Gasteiger partial charge in [-0.05, 0) is 24.3 Å². The highest BCUT2D eigenvalue weighted by Crippen LogP contribution is 2.26. The van der Waals surface area contributed by atoms with Crippen LogP contribution < -0.4 is 10.1 Å². The number of carbonyl (C=O) groups excluding carboxylic acids is 2. The number of methoxy groups -OCH3 is 1. The fourth-order valence-corrected chi connectivity index (χ4v) is 2.61. The van der Waals surface area contributed by atoms with Crippen LogP contribution in [0.1, 0.15) is 15.2 Å². The Bertz CT molecular complexity index is 811. The van der Waals surface area contributed by atoms with Crippen molar-refractivity contribution in [1.29, 1.82) is 0 Å². The zero-order valence-electron chi connectivity index (χ0n) is 12.7. The van der Waals surface area contributed by atoms with Crippen LogP contribution in [0, 0.1) is 0 Å². The third-order valence-corrected chi connectivity index (χ3v) is 3.85. The van der Waals surface area contributed by atoms with Gasteiger partial charge in [-0.1, -0.05) is 22.9 Å². The molecule has 0 aliphatic carbocycles. The van der Waals surface area contributed by atoms with Gasteiger partial charge in [-0.2, -0.15) is 8.78 Å². The molecular formula is C15H11ClF2N2O4S. The number of carbonyl (C=O) groups is 2. The maximum Gasteiger partial charge on any atom is 0.387 e. The number of halogens is 3. The van der Waals surface area contributed by atoms with E-state index >= 15 is 0 Å². The fourth-order valence-electron chi connectivity index (χ4n) is 1.69. The Morgan fingerprint density at radius 3 is 2.84 bits per heavy atom. The summed E-state index contributed by atoms with van der Waals surface area (Å²) in [6, 6.07) is 4.04. The molecule has 0 spiro atoms. The fraction of sp³-hybridized carbons (Fsp3) is 0.133. The van der Waals surface area contributed by atoms with Crippen LogP contribution in [0.5, 0.6) is 5.75 Å². The van der Waals surface area contributed by atoms with Crippen molar-refractivity contribution in [2.24, 2.45) is 0 Å². The van der Waals surface area contributed by atoms with Gasteiger partial charge >= 0.3 is 12.6 Å². The highest BCUT2D eigenvalue weighted by atomic mass is 35.5. The predicted octanol–water partition coefficient (Wildman–Crippen LogP) is 3.84. The van der Waals surface area contributed by atoms with Crippen molar-refractivity contribution in [3.63, 3.8) is 0 Å². The van der Waals surface area contributed by atoms with E-state index in [9.17, 15) is 18.4 Å². The summed E-state index contributed by atoms with van der Waals surface area (Å²) in [5.74, 6) is -1.26. The first-order chi connectivity index (χ1) is 11.9. The number of amides is 1. The molecule has 25 heavy (non-hydrogen) atoms. The van der Waals surface area contributed by atoms with E-state index in [-0.39, 0.29) is 21.3 Å². The van der Waals surface area contributed by atoms with Gasteiger partial charge in [-0.15, -0.1) is 0 Å². The number of rotatable bonds is 6. The summed E-state index contributed by atoms with van der Waals surface area (Å²) in [5, 5.41) is 2.92. The van der Waals surface area contributed by atoms with Gasteiger partial charge in [0.15, 0.2) is 5.13 Å². The van der Waals surface area contributed by atoms with Crippen LogP contribution in [0.15, 0.2) is 30.5 Å². The van der Waals surface area contributed by atoms with E-state index in [4.69, 9.17) is 11.6 Å². The average molecular weight is 389 g/mol. The van der Waals surface area contributed by atoms with E-state index in [1.165, 1.54) is 37.6 Å². The van der Waals surface area contributed by atoms with E-state index in [0.29, 0.717) is 5.02 Å². The topological polar surface area (TPSA) is 77.5 Å². The molecule has 1 heterocycles. The Morgan fingerprint density at radius 2 is 2.16 bits per heavy atom. The molecule has 0 saturated carbocycles. The van der Waals surface area contributed by atoms with E-state index in [2.05, 4.69) is 19.8 Å². The lowest BCUT2D eigenvalue weighted by Crippen LogP contribution is -2.07. The van der Waals surface area contributed by atoms with Crippen LogP contribution in [0.2, 0.25) is 5.02 Å². The van der Waals surface area contributed by atoms with Gasteiger partial charge in [0.1, 0.15) is 10.6 Å². The minimum absolute atomic E-state index is 0.120. The summed E-state index contributed by atoms with van der Waals surface area (Å²) in [6.07, 6.45) is 3.64. The van der Waals surface area contributed by atoms with Crippen LogP contribution >= 0.6 is 22.9 Å².